The Morgan fingerprint density at radius 2 is 2.18 bits per heavy atom. The molecule has 1 rings (SSSR count). The SMILES string of the molecule is O=C(O)CN1CCC(=O)C1=O. The first-order valence-corrected chi connectivity index (χ1v) is 3.15. The molecule has 5 nitrogen and oxygen atoms in total. The second-order valence-electron chi connectivity index (χ2n) is 2.29. The van der Waals surface area contributed by atoms with E-state index in [1.165, 1.54) is 0 Å². The molecule has 1 heterocycles. The summed E-state index contributed by atoms with van der Waals surface area (Å²) >= 11 is 0. The van der Waals surface area contributed by atoms with Gasteiger partial charge in [0, 0.05) is 13.0 Å². The van der Waals surface area contributed by atoms with E-state index in [2.05, 4.69) is 0 Å². The molecule has 11 heavy (non-hydrogen) atoms. The first-order chi connectivity index (χ1) is 5.11. The number of aliphatic carboxylic acids is 1. The van der Waals surface area contributed by atoms with Gasteiger partial charge < -0.3 is 10.0 Å². The zero-order valence-electron chi connectivity index (χ0n) is 5.74. The van der Waals surface area contributed by atoms with Crippen molar-refractivity contribution in [2.75, 3.05) is 13.1 Å². The Morgan fingerprint density at radius 1 is 1.55 bits per heavy atom. The van der Waals surface area contributed by atoms with Crippen LogP contribution >= 0.6 is 0 Å². The van der Waals surface area contributed by atoms with Crippen LogP contribution in [0.4, 0.5) is 0 Å². The highest BCUT2D eigenvalue weighted by molar-refractivity contribution is 6.38. The molecule has 1 aliphatic rings. The van der Waals surface area contributed by atoms with E-state index in [9.17, 15) is 14.4 Å². The zero-order valence-corrected chi connectivity index (χ0v) is 5.74. The molecule has 1 aliphatic heterocycles. The molecule has 1 amide bonds. The van der Waals surface area contributed by atoms with Gasteiger partial charge in [-0.25, -0.2) is 0 Å². The summed E-state index contributed by atoms with van der Waals surface area (Å²) in [6.07, 6.45) is 0.145. The molecule has 1 N–H and O–H groups in total. The molecular weight excluding hydrogens is 150 g/mol. The number of nitrogens with zero attached hydrogens (tertiary/aromatic N) is 1. The Balaban J connectivity index is 2.55. The van der Waals surface area contributed by atoms with E-state index >= 15 is 0 Å². The topological polar surface area (TPSA) is 74.7 Å². The Kier molecular flexibility index (Phi) is 1.89. The van der Waals surface area contributed by atoms with Crippen molar-refractivity contribution in [3.63, 3.8) is 0 Å². The highest BCUT2D eigenvalue weighted by atomic mass is 16.4. The molecule has 0 aliphatic carbocycles. The van der Waals surface area contributed by atoms with E-state index in [0.717, 1.165) is 4.90 Å². The van der Waals surface area contributed by atoms with Gasteiger partial charge in [-0.3, -0.25) is 14.4 Å². The van der Waals surface area contributed by atoms with Gasteiger partial charge in [-0.15, -0.1) is 0 Å². The van der Waals surface area contributed by atoms with Crippen LogP contribution < -0.4 is 0 Å². The Bertz CT molecular complexity index is 223. The maximum Gasteiger partial charge on any atom is 0.323 e. The van der Waals surface area contributed by atoms with Crippen molar-refractivity contribution in [2.24, 2.45) is 0 Å². The molecule has 1 saturated heterocycles. The van der Waals surface area contributed by atoms with Gasteiger partial charge in [-0.2, -0.15) is 0 Å². The maximum absolute atomic E-state index is 10.8. The zero-order chi connectivity index (χ0) is 8.43. The molecular formula is C6H7NO4. The molecule has 5 heteroatoms. The van der Waals surface area contributed by atoms with Gasteiger partial charge in [0.2, 0.25) is 5.78 Å². The van der Waals surface area contributed by atoms with Crippen LogP contribution in [-0.2, 0) is 14.4 Å². The number of rotatable bonds is 2. The average molecular weight is 157 g/mol. The molecule has 0 radical (unpaired) electrons. The largest absolute Gasteiger partial charge is 0.480 e. The quantitative estimate of drug-likeness (QED) is 0.515. The molecule has 0 spiro atoms. The van der Waals surface area contributed by atoms with Gasteiger partial charge in [-0.05, 0) is 0 Å². The average Bonchev–Trinajstić information content (AvgIpc) is 2.18. The molecule has 0 aromatic rings. The lowest BCUT2D eigenvalue weighted by molar-refractivity contribution is -0.145. The third-order valence-corrected chi connectivity index (χ3v) is 1.46. The number of likely N-dealkylation sites (tertiary alicyclic amines) is 1. The molecule has 0 aromatic heterocycles. The molecule has 0 saturated carbocycles. The summed E-state index contributed by atoms with van der Waals surface area (Å²) in [7, 11) is 0. The Labute approximate surface area is 62.6 Å². The van der Waals surface area contributed by atoms with E-state index in [-0.39, 0.29) is 19.5 Å². The number of ketones is 1. The van der Waals surface area contributed by atoms with Crippen LogP contribution in [0.2, 0.25) is 0 Å². The molecule has 0 atom stereocenters. The standard InChI is InChI=1S/C6H7NO4/c8-4-1-2-7(6(4)11)3-5(9)10/h1-3H2,(H,9,10). The summed E-state index contributed by atoms with van der Waals surface area (Å²) in [4.78, 5) is 32.5. The highest BCUT2D eigenvalue weighted by Crippen LogP contribution is 2.04. The number of carbonyl (C=O) groups is 3. The first-order valence-electron chi connectivity index (χ1n) is 3.15. The number of hydrogen-bond donors (Lipinski definition) is 1. The summed E-state index contributed by atoms with van der Waals surface area (Å²) < 4.78 is 0. The molecule has 60 valence electrons. The molecule has 0 bridgehead atoms. The number of hydrogen-bond acceptors (Lipinski definition) is 3. The first kappa shape index (κ1) is 7.71. The van der Waals surface area contributed by atoms with Crippen molar-refractivity contribution in [1.82, 2.24) is 4.90 Å². The van der Waals surface area contributed by atoms with Gasteiger partial charge >= 0.3 is 5.97 Å². The maximum atomic E-state index is 10.8. The highest BCUT2D eigenvalue weighted by Gasteiger charge is 2.30. The fourth-order valence-corrected chi connectivity index (χ4v) is 0.935. The number of amides is 1. The predicted molar refractivity (Wildman–Crippen MR) is 33.8 cm³/mol. The predicted octanol–water partition coefficient (Wildman–Crippen LogP) is -1.13. The van der Waals surface area contributed by atoms with Crippen LogP contribution in [0.25, 0.3) is 0 Å². The second-order valence-corrected chi connectivity index (χ2v) is 2.29. The normalized spacial score (nSPS) is 17.6. The minimum Gasteiger partial charge on any atom is -0.480 e. The van der Waals surface area contributed by atoms with Crippen molar-refractivity contribution < 1.29 is 19.5 Å². The van der Waals surface area contributed by atoms with Crippen LogP contribution in [0.3, 0.4) is 0 Å². The van der Waals surface area contributed by atoms with Crippen molar-refractivity contribution in [1.29, 1.82) is 0 Å². The second kappa shape index (κ2) is 2.69. The third kappa shape index (κ3) is 1.54. The lowest BCUT2D eigenvalue weighted by atomic mass is 10.3. The van der Waals surface area contributed by atoms with Crippen LogP contribution in [-0.4, -0.2) is 40.8 Å². The smallest absolute Gasteiger partial charge is 0.323 e. The third-order valence-electron chi connectivity index (χ3n) is 1.46. The number of Topliss-reactive ketones (excluding diaryl/α,β-unsaturated/α-hetero) is 1. The number of carbonyl (C=O) groups excluding carboxylic acids is 2. The van der Waals surface area contributed by atoms with E-state index < -0.39 is 17.7 Å². The fourth-order valence-electron chi connectivity index (χ4n) is 0.935. The summed E-state index contributed by atoms with van der Waals surface area (Å²) in [5.74, 6) is -2.26. The summed E-state index contributed by atoms with van der Waals surface area (Å²) in [5, 5.41) is 8.27. The van der Waals surface area contributed by atoms with Crippen molar-refractivity contribution in [2.45, 2.75) is 6.42 Å². The Morgan fingerprint density at radius 3 is 2.55 bits per heavy atom. The fraction of sp³-hybridized carbons (Fsp3) is 0.500. The van der Waals surface area contributed by atoms with Gasteiger partial charge in [0.1, 0.15) is 6.54 Å². The number of carboxylic acid groups (broad SMARTS) is 1. The monoisotopic (exact) mass is 157 g/mol. The van der Waals surface area contributed by atoms with Gasteiger partial charge in [0.15, 0.2) is 0 Å². The summed E-state index contributed by atoms with van der Waals surface area (Å²) in [6.45, 7) is -0.130. The van der Waals surface area contributed by atoms with Crippen LogP contribution in [0.5, 0.6) is 0 Å². The minimum atomic E-state index is -1.09. The van der Waals surface area contributed by atoms with E-state index in [1.54, 1.807) is 0 Å². The summed E-state index contributed by atoms with van der Waals surface area (Å²) in [6, 6.07) is 0. The van der Waals surface area contributed by atoms with Gasteiger partial charge in [0.05, 0.1) is 0 Å². The van der Waals surface area contributed by atoms with Crippen LogP contribution in [0.1, 0.15) is 6.42 Å². The lowest BCUT2D eigenvalue weighted by Gasteiger charge is -2.09. The van der Waals surface area contributed by atoms with Crippen molar-refractivity contribution in [3.05, 3.63) is 0 Å². The molecule has 1 fully saturated rings. The number of carboxylic acids is 1. The van der Waals surface area contributed by atoms with E-state index in [4.69, 9.17) is 5.11 Å². The van der Waals surface area contributed by atoms with E-state index in [0.29, 0.717) is 0 Å². The molecule has 0 aromatic carbocycles. The molecule has 0 unspecified atom stereocenters. The van der Waals surface area contributed by atoms with Crippen LogP contribution in [0.15, 0.2) is 0 Å². The van der Waals surface area contributed by atoms with Gasteiger partial charge in [0.25, 0.3) is 5.91 Å². The lowest BCUT2D eigenvalue weighted by Crippen LogP contribution is -2.32. The van der Waals surface area contributed by atoms with E-state index in [1.807, 2.05) is 0 Å². The van der Waals surface area contributed by atoms with Crippen molar-refractivity contribution >= 4 is 17.7 Å². The van der Waals surface area contributed by atoms with Crippen molar-refractivity contribution in [3.8, 4) is 0 Å². The Hall–Kier alpha value is -1.39. The summed E-state index contributed by atoms with van der Waals surface area (Å²) in [5.41, 5.74) is 0. The van der Waals surface area contributed by atoms with Crippen LogP contribution in [0, 0.1) is 0 Å². The minimum absolute atomic E-state index is 0.145. The van der Waals surface area contributed by atoms with Gasteiger partial charge in [-0.1, -0.05) is 0 Å².